The lowest BCUT2D eigenvalue weighted by atomic mass is 10.1. The molecule has 0 N–H and O–H groups in total. The zero-order valence-corrected chi connectivity index (χ0v) is 9.54. The van der Waals surface area contributed by atoms with Gasteiger partial charge in [-0.25, -0.2) is 0 Å². The number of rotatable bonds is 3. The Balaban J connectivity index is 3.02. The normalized spacial score (nSPS) is 10.8. The van der Waals surface area contributed by atoms with Gasteiger partial charge in [-0.05, 0) is 24.6 Å². The van der Waals surface area contributed by atoms with Gasteiger partial charge in [-0.3, -0.25) is 4.79 Å². The first-order chi connectivity index (χ1) is 8.38. The van der Waals surface area contributed by atoms with Crippen LogP contribution >= 0.6 is 0 Å². The Kier molecular flexibility index (Phi) is 4.32. The summed E-state index contributed by atoms with van der Waals surface area (Å²) in [6, 6.07) is 3.99. The van der Waals surface area contributed by atoms with Crippen LogP contribution in [0.15, 0.2) is 18.2 Å². The zero-order chi connectivity index (χ0) is 13.8. The second kappa shape index (κ2) is 5.54. The number of esters is 1. The topological polar surface area (TPSA) is 50.1 Å². The summed E-state index contributed by atoms with van der Waals surface area (Å²) in [6.45, 7) is 1.76. The summed E-state index contributed by atoms with van der Waals surface area (Å²) in [6.07, 6.45) is -3.83. The van der Waals surface area contributed by atoms with Crippen LogP contribution in [-0.2, 0) is 11.0 Å². The summed E-state index contributed by atoms with van der Waals surface area (Å²) in [4.78, 5) is 11.2. The Hall–Kier alpha value is -2.03. The predicted molar refractivity (Wildman–Crippen MR) is 56.7 cm³/mol. The van der Waals surface area contributed by atoms with Gasteiger partial charge in [0.25, 0.3) is 0 Å². The van der Waals surface area contributed by atoms with Crippen molar-refractivity contribution >= 4 is 5.97 Å². The molecule has 0 saturated heterocycles. The maximum absolute atomic E-state index is 12.4. The van der Waals surface area contributed by atoms with Gasteiger partial charge in [0.2, 0.25) is 0 Å². The van der Waals surface area contributed by atoms with E-state index in [4.69, 9.17) is 10.00 Å². The van der Waals surface area contributed by atoms with Gasteiger partial charge in [0, 0.05) is 6.42 Å². The average molecular weight is 257 g/mol. The number of ether oxygens (including phenoxy) is 1. The first-order valence-corrected chi connectivity index (χ1v) is 5.20. The van der Waals surface area contributed by atoms with Crippen molar-refractivity contribution < 1.29 is 22.7 Å². The minimum Gasteiger partial charge on any atom is -0.425 e. The molecule has 0 spiro atoms. The number of benzene rings is 1. The molecule has 6 heteroatoms. The van der Waals surface area contributed by atoms with E-state index in [0.717, 1.165) is 12.1 Å². The lowest BCUT2D eigenvalue weighted by molar-refractivity contribution is -0.137. The summed E-state index contributed by atoms with van der Waals surface area (Å²) in [5.41, 5.74) is -1.26. The Labute approximate surface area is 102 Å². The molecule has 0 aliphatic rings. The SMILES string of the molecule is CCCC(=O)Oc1ccc(C(F)(F)F)cc1C#N. The smallest absolute Gasteiger partial charge is 0.416 e. The van der Waals surface area contributed by atoms with E-state index in [1.54, 1.807) is 13.0 Å². The van der Waals surface area contributed by atoms with Crippen LogP contribution in [0.4, 0.5) is 13.2 Å². The molecule has 3 nitrogen and oxygen atoms in total. The Morgan fingerprint density at radius 1 is 1.44 bits per heavy atom. The first-order valence-electron chi connectivity index (χ1n) is 5.20. The van der Waals surface area contributed by atoms with E-state index in [-0.39, 0.29) is 17.7 Å². The maximum Gasteiger partial charge on any atom is 0.416 e. The lowest BCUT2D eigenvalue weighted by Gasteiger charge is -2.09. The molecule has 1 aromatic rings. The molecule has 0 bridgehead atoms. The first kappa shape index (κ1) is 14.0. The average Bonchev–Trinajstić information content (AvgIpc) is 2.28. The number of alkyl halides is 3. The Morgan fingerprint density at radius 2 is 2.11 bits per heavy atom. The highest BCUT2D eigenvalue weighted by Gasteiger charge is 2.31. The van der Waals surface area contributed by atoms with Gasteiger partial charge in [-0.15, -0.1) is 0 Å². The number of nitriles is 1. The van der Waals surface area contributed by atoms with Crippen LogP contribution in [0.25, 0.3) is 0 Å². The van der Waals surface area contributed by atoms with E-state index in [0.29, 0.717) is 12.5 Å². The van der Waals surface area contributed by atoms with Gasteiger partial charge in [-0.1, -0.05) is 6.92 Å². The highest BCUT2D eigenvalue weighted by Crippen LogP contribution is 2.32. The van der Waals surface area contributed by atoms with E-state index in [1.165, 1.54) is 0 Å². The van der Waals surface area contributed by atoms with Gasteiger partial charge >= 0.3 is 12.1 Å². The highest BCUT2D eigenvalue weighted by molar-refractivity contribution is 5.73. The molecule has 1 rings (SSSR count). The van der Waals surface area contributed by atoms with Crippen molar-refractivity contribution in [3.8, 4) is 11.8 Å². The molecule has 0 unspecified atom stereocenters. The fraction of sp³-hybridized carbons (Fsp3) is 0.333. The van der Waals surface area contributed by atoms with Gasteiger partial charge in [-0.2, -0.15) is 18.4 Å². The van der Waals surface area contributed by atoms with Crippen LogP contribution in [0.3, 0.4) is 0 Å². The number of nitrogens with zero attached hydrogens (tertiary/aromatic N) is 1. The molecule has 0 radical (unpaired) electrons. The van der Waals surface area contributed by atoms with Crippen molar-refractivity contribution in [2.45, 2.75) is 25.9 Å². The largest absolute Gasteiger partial charge is 0.425 e. The van der Waals surface area contributed by atoms with E-state index in [1.807, 2.05) is 0 Å². The summed E-state index contributed by atoms with van der Waals surface area (Å²) >= 11 is 0. The number of hydrogen-bond donors (Lipinski definition) is 0. The third-order valence-corrected chi connectivity index (χ3v) is 2.11. The minimum atomic E-state index is -4.53. The van der Waals surface area contributed by atoms with Crippen molar-refractivity contribution in [1.29, 1.82) is 5.26 Å². The number of halogens is 3. The number of hydrogen-bond acceptors (Lipinski definition) is 3. The molecule has 0 saturated carbocycles. The molecular weight excluding hydrogens is 247 g/mol. The number of carbonyl (C=O) groups excluding carboxylic acids is 1. The molecule has 0 fully saturated rings. The summed E-state index contributed by atoms with van der Waals surface area (Å²) in [7, 11) is 0. The third-order valence-electron chi connectivity index (χ3n) is 2.11. The number of carbonyl (C=O) groups is 1. The molecule has 0 aliphatic heterocycles. The van der Waals surface area contributed by atoms with Crippen molar-refractivity contribution in [2.75, 3.05) is 0 Å². The molecule has 0 atom stereocenters. The second-order valence-electron chi connectivity index (χ2n) is 3.54. The van der Waals surface area contributed by atoms with Gasteiger partial charge in [0.05, 0.1) is 11.1 Å². The van der Waals surface area contributed by atoms with E-state index in [9.17, 15) is 18.0 Å². The van der Waals surface area contributed by atoms with Crippen LogP contribution < -0.4 is 4.74 Å². The Bertz CT molecular complexity index is 489. The Morgan fingerprint density at radius 3 is 2.61 bits per heavy atom. The van der Waals surface area contributed by atoms with Crippen LogP contribution in [0.1, 0.15) is 30.9 Å². The molecular formula is C12H10F3NO2. The monoisotopic (exact) mass is 257 g/mol. The fourth-order valence-electron chi connectivity index (χ4n) is 1.26. The van der Waals surface area contributed by atoms with E-state index >= 15 is 0 Å². The summed E-state index contributed by atoms with van der Waals surface area (Å²) < 4.78 is 42.0. The molecule has 1 aromatic carbocycles. The fourth-order valence-corrected chi connectivity index (χ4v) is 1.26. The molecule has 18 heavy (non-hydrogen) atoms. The summed E-state index contributed by atoms with van der Waals surface area (Å²) in [5, 5.41) is 8.74. The third kappa shape index (κ3) is 3.48. The van der Waals surface area contributed by atoms with E-state index in [2.05, 4.69) is 0 Å². The van der Waals surface area contributed by atoms with Crippen molar-refractivity contribution in [3.63, 3.8) is 0 Å². The quantitative estimate of drug-likeness (QED) is 0.616. The predicted octanol–water partition coefficient (Wildman–Crippen LogP) is 3.28. The molecule has 0 aliphatic carbocycles. The van der Waals surface area contributed by atoms with Gasteiger partial charge < -0.3 is 4.74 Å². The van der Waals surface area contributed by atoms with E-state index < -0.39 is 17.7 Å². The van der Waals surface area contributed by atoms with Gasteiger partial charge in [0.1, 0.15) is 11.8 Å². The lowest BCUT2D eigenvalue weighted by Crippen LogP contribution is -2.10. The highest BCUT2D eigenvalue weighted by atomic mass is 19.4. The van der Waals surface area contributed by atoms with Gasteiger partial charge in [0.15, 0.2) is 0 Å². The van der Waals surface area contributed by atoms with Crippen molar-refractivity contribution in [1.82, 2.24) is 0 Å². The molecule has 0 aromatic heterocycles. The van der Waals surface area contributed by atoms with Crippen LogP contribution in [0, 0.1) is 11.3 Å². The maximum atomic E-state index is 12.4. The molecule has 0 heterocycles. The van der Waals surface area contributed by atoms with Crippen molar-refractivity contribution in [3.05, 3.63) is 29.3 Å². The van der Waals surface area contributed by atoms with Crippen LogP contribution in [0.2, 0.25) is 0 Å². The minimum absolute atomic E-state index is 0.145. The summed E-state index contributed by atoms with van der Waals surface area (Å²) in [5.74, 6) is -0.724. The zero-order valence-electron chi connectivity index (χ0n) is 9.54. The van der Waals surface area contributed by atoms with Crippen molar-refractivity contribution in [2.24, 2.45) is 0 Å². The standard InChI is InChI=1S/C12H10F3NO2/c1-2-3-11(17)18-10-5-4-9(12(13,14)15)6-8(10)7-16/h4-6H,2-3H2,1H3. The molecule has 0 amide bonds. The van der Waals surface area contributed by atoms with Crippen LogP contribution in [-0.4, -0.2) is 5.97 Å². The van der Waals surface area contributed by atoms with Crippen LogP contribution in [0.5, 0.6) is 5.75 Å². The molecule has 96 valence electrons. The second-order valence-corrected chi connectivity index (χ2v) is 3.54.